The van der Waals surface area contributed by atoms with Crippen LogP contribution in [0.2, 0.25) is 0 Å². The molecule has 7 heterocycles. The number of fused-ring (bicyclic) bond motifs is 24. The molecule has 135 heavy (non-hydrogen) atoms. The summed E-state index contributed by atoms with van der Waals surface area (Å²) in [6.45, 7) is 14.4. The number of hydrogen-bond donors (Lipinski definition) is 0. The minimum atomic E-state index is -3.54. The van der Waals surface area contributed by atoms with Crippen molar-refractivity contribution < 1.29 is 12.8 Å². The summed E-state index contributed by atoms with van der Waals surface area (Å²) >= 11 is 3.72. The van der Waals surface area contributed by atoms with Crippen LogP contribution in [0.4, 0.5) is 5.69 Å². The monoisotopic (exact) mass is 1800 g/mol. The molecule has 0 saturated carbocycles. The maximum atomic E-state index is 13.3. The topological polar surface area (TPSA) is 61.5 Å². The molecular formula is C125H83N3O3S3Si. The molecule has 0 saturated heterocycles. The van der Waals surface area contributed by atoms with Gasteiger partial charge in [0.1, 0.15) is 11.2 Å². The van der Waals surface area contributed by atoms with Crippen molar-refractivity contribution in [3.8, 4) is 89.3 Å². The number of thiophene rings is 2. The third-order valence-electron chi connectivity index (χ3n) is 28.2. The van der Waals surface area contributed by atoms with Crippen LogP contribution < -0.4 is 20.7 Å². The third kappa shape index (κ3) is 13.2. The summed E-state index contributed by atoms with van der Waals surface area (Å²) in [6.07, 6.45) is 0. The number of para-hydroxylation sites is 3. The van der Waals surface area contributed by atoms with E-state index >= 15 is 0 Å². The van der Waals surface area contributed by atoms with E-state index in [1.165, 1.54) is 150 Å². The predicted molar refractivity (Wildman–Crippen MR) is 571 cm³/mol. The van der Waals surface area contributed by atoms with Crippen molar-refractivity contribution >= 4 is 173 Å². The second-order valence-electron chi connectivity index (χ2n) is 35.9. The Morgan fingerprint density at radius 3 is 1.41 bits per heavy atom. The molecule has 0 fully saturated rings. The number of benzene rings is 20. The Morgan fingerprint density at radius 1 is 0.289 bits per heavy atom. The zero-order valence-electron chi connectivity index (χ0n) is 74.0. The summed E-state index contributed by atoms with van der Waals surface area (Å²) in [7, 11) is -6.04. The highest BCUT2D eigenvalue weighted by atomic mass is 32.2. The quantitative estimate of drug-likeness (QED) is 0.112. The highest BCUT2D eigenvalue weighted by molar-refractivity contribution is 7.92. The third-order valence-corrected chi connectivity index (χ3v) is 37.2. The number of sulfone groups is 1. The first-order valence-corrected chi connectivity index (χ1v) is 50.9. The molecule has 28 rings (SSSR count). The molecule has 3 aliphatic rings. The summed E-state index contributed by atoms with van der Waals surface area (Å²) in [5.41, 5.74) is 29.8. The molecule has 0 radical (unpaired) electrons. The van der Waals surface area contributed by atoms with E-state index in [0.29, 0.717) is 15.5 Å². The Bertz CT molecular complexity index is 9260. The second kappa shape index (κ2) is 32.1. The zero-order valence-corrected chi connectivity index (χ0v) is 77.5. The zero-order chi connectivity index (χ0) is 90.4. The summed E-state index contributed by atoms with van der Waals surface area (Å²) in [6, 6.07) is 160. The second-order valence-corrected chi connectivity index (χ2v) is 43.7. The molecule has 638 valence electrons. The molecule has 1 aliphatic carbocycles. The van der Waals surface area contributed by atoms with Gasteiger partial charge >= 0.3 is 0 Å². The van der Waals surface area contributed by atoms with Gasteiger partial charge in [-0.05, 0) is 250 Å². The lowest BCUT2D eigenvalue weighted by Crippen LogP contribution is -2.72. The van der Waals surface area contributed by atoms with E-state index in [0.717, 1.165) is 83.0 Å². The van der Waals surface area contributed by atoms with Crippen molar-refractivity contribution in [2.24, 2.45) is 0 Å². The van der Waals surface area contributed by atoms with Gasteiger partial charge in [0, 0.05) is 95.2 Å². The average molecular weight is 1800 g/mol. The molecular weight excluding hydrogens is 1720 g/mol. The molecule has 0 amide bonds. The largest absolute Gasteiger partial charge is 0.456 e. The normalized spacial score (nSPS) is 13.2. The van der Waals surface area contributed by atoms with Crippen molar-refractivity contribution in [3.05, 3.63) is 477 Å². The van der Waals surface area contributed by atoms with Crippen LogP contribution in [0, 0.1) is 13.5 Å². The van der Waals surface area contributed by atoms with Crippen LogP contribution >= 0.6 is 22.7 Å². The Morgan fingerprint density at radius 2 is 0.726 bits per heavy atom. The van der Waals surface area contributed by atoms with Gasteiger partial charge in [0.25, 0.3) is 0 Å². The maximum Gasteiger partial charge on any atom is 0.207 e. The minimum absolute atomic E-state index is 0.0428. The molecule has 0 spiro atoms. The molecule has 6 nitrogen and oxygen atoms in total. The maximum absolute atomic E-state index is 13.3. The van der Waals surface area contributed by atoms with Crippen LogP contribution in [0.3, 0.4) is 0 Å². The molecule has 2 aliphatic heterocycles. The molecule has 5 aromatic heterocycles. The van der Waals surface area contributed by atoms with Crippen LogP contribution in [0.5, 0.6) is 0 Å². The number of hydrogen-bond acceptors (Lipinski definition) is 5. The van der Waals surface area contributed by atoms with Gasteiger partial charge in [-0.3, -0.25) is 0 Å². The van der Waals surface area contributed by atoms with Crippen molar-refractivity contribution in [1.82, 2.24) is 9.13 Å². The first-order valence-electron chi connectivity index (χ1n) is 45.7. The minimum Gasteiger partial charge on any atom is -0.456 e. The molecule has 0 unspecified atom stereocenters. The fraction of sp³-hybridized carbons (Fsp3) is 0.0320. The first-order chi connectivity index (χ1) is 66.3. The Labute approximate surface area is 790 Å². The lowest BCUT2D eigenvalue weighted by molar-refractivity contribution is 0.598. The number of aromatic nitrogens is 2. The number of aryl methyl sites for hydroxylation is 1. The Kier molecular flexibility index (Phi) is 19.3. The van der Waals surface area contributed by atoms with Crippen molar-refractivity contribution in [2.75, 3.05) is 0 Å². The van der Waals surface area contributed by atoms with E-state index in [1.54, 1.807) is 12.1 Å². The number of rotatable bonds is 8. The summed E-state index contributed by atoms with van der Waals surface area (Å²) in [5.74, 6) is 0. The van der Waals surface area contributed by atoms with Gasteiger partial charge < -0.3 is 13.6 Å². The summed E-state index contributed by atoms with van der Waals surface area (Å²) in [4.78, 5) is 4.46. The highest BCUT2D eigenvalue weighted by Gasteiger charge is 2.49. The van der Waals surface area contributed by atoms with Crippen LogP contribution in [-0.2, 0) is 15.3 Å². The van der Waals surface area contributed by atoms with Gasteiger partial charge in [-0.1, -0.05) is 329 Å². The number of nitrogens with zero attached hydrogens (tertiary/aromatic N) is 3. The van der Waals surface area contributed by atoms with Gasteiger partial charge in [-0.25, -0.2) is 13.3 Å². The number of furan rings is 1. The van der Waals surface area contributed by atoms with Gasteiger partial charge in [0.05, 0.1) is 38.4 Å². The summed E-state index contributed by atoms with van der Waals surface area (Å²) in [5, 5.41) is 18.0. The van der Waals surface area contributed by atoms with E-state index in [4.69, 9.17) is 11.0 Å². The van der Waals surface area contributed by atoms with Crippen molar-refractivity contribution in [3.63, 3.8) is 0 Å². The predicted octanol–water partition coefficient (Wildman–Crippen LogP) is 31.6. The standard InChI is InChI=1S/C36H24OSi.C32H20N2S.C30H19NO2S.C27H20S/c1-3-11-27(12-4-1)38(28-13-5-2-6-14-28)35-18-10-8-16-30(35)31-21-19-26(24-36(31)38)25-20-22-34-32(23-25)29-15-7-9-17-33(29)37-34;1-20-7-3-4-8-24(20)21-11-14-29-26(17-21)27-18-22(33-2)12-15-30(27)34(29)23-13-16-32-28(19-23)25-9-5-6-10-31(25)35-32;32-34(33)29-16-14-21(20-8-2-1-3-9-20)18-25(29)26-19-22(15-17-30(26)34)31-27-12-6-4-10-23(27)24-11-5-7-13-28(24)31;1-27(2)23-9-5-3-7-19(23)20-13-11-18(16-24(20)27)17-12-14-26-22(15-17)21-8-4-6-10-25(21)28-26/h1-24H;3-19H,1H3;1-19H;3-16H,1-2H3. The van der Waals surface area contributed by atoms with E-state index in [1.807, 2.05) is 114 Å². The van der Waals surface area contributed by atoms with Gasteiger partial charge in [0.15, 0.2) is 13.8 Å². The molecule has 0 N–H and O–H groups in total. The fourth-order valence-corrected chi connectivity index (χ4v) is 30.8. The smallest absolute Gasteiger partial charge is 0.207 e. The first kappa shape index (κ1) is 80.9. The van der Waals surface area contributed by atoms with Gasteiger partial charge in [0.2, 0.25) is 9.84 Å². The molecule has 10 heteroatoms. The lowest BCUT2D eigenvalue weighted by atomic mass is 9.81. The molecule has 0 atom stereocenters. The summed E-state index contributed by atoms with van der Waals surface area (Å²) < 4.78 is 42.7. The van der Waals surface area contributed by atoms with E-state index in [-0.39, 0.29) is 5.41 Å². The fourth-order valence-electron chi connectivity index (χ4n) is 21.8. The van der Waals surface area contributed by atoms with Crippen LogP contribution in [0.25, 0.3) is 200 Å². The molecule has 25 aromatic rings. The SMILES string of the molecule is CC1(C)c2ccccc2-c2ccc(-c3ccc4sc5ccccc5c4c3)cc21.O=S1(=O)c2ccc(-c3ccccc3)cc2-c2cc(-n3c4ccccc4c4ccccc43)ccc21.[C-]#[N+]c1ccc2c(c1)c1cc(-c3ccccc3C)ccc1n2-c1ccc2sc3ccccc3c2c1.c1ccc([Si]2(c3ccccc3)c3ccccc3-c3ccc(-c4ccc5oc6ccccc6c5c4)cc32)cc1. The van der Waals surface area contributed by atoms with E-state index in [9.17, 15) is 8.42 Å². The van der Waals surface area contributed by atoms with Crippen molar-refractivity contribution in [1.29, 1.82) is 0 Å². The van der Waals surface area contributed by atoms with Crippen molar-refractivity contribution in [2.45, 2.75) is 36.0 Å². The van der Waals surface area contributed by atoms with Crippen LogP contribution in [-0.4, -0.2) is 25.6 Å². The highest BCUT2D eigenvalue weighted by Crippen LogP contribution is 2.52. The Hall–Kier alpha value is -16.1. The molecule has 20 aromatic carbocycles. The molecule has 0 bridgehead atoms. The lowest BCUT2D eigenvalue weighted by Gasteiger charge is -2.31. The van der Waals surface area contributed by atoms with Crippen LogP contribution in [0.15, 0.2) is 463 Å². The Balaban J connectivity index is 0.0000000965. The van der Waals surface area contributed by atoms with Gasteiger partial charge in [-0.2, -0.15) is 0 Å². The van der Waals surface area contributed by atoms with Gasteiger partial charge in [-0.15, -0.1) is 22.7 Å². The van der Waals surface area contributed by atoms with E-state index in [2.05, 4.69) is 381 Å². The van der Waals surface area contributed by atoms with Crippen LogP contribution in [0.1, 0.15) is 30.5 Å². The van der Waals surface area contributed by atoms with E-state index < -0.39 is 17.9 Å². The average Bonchev–Trinajstić information content (AvgIpc) is 1.54.